The standard InChI is InChI=1S/C21H19BrN4OS/c1-13-5-4-6-17(25-13)20-15(11-24-26(20)19-7-2-3-8-27-19)18-9-14-10-23-12-16(22)21(14)28-18/h4-6,9-12,19H,2-3,7-8H2,1H3. The number of fused-ring (bicyclic) bond motifs is 1. The normalized spacial score (nSPS) is 17.3. The first-order chi connectivity index (χ1) is 13.7. The lowest BCUT2D eigenvalue weighted by molar-refractivity contribution is -0.0383. The molecule has 0 N–H and O–H groups in total. The highest BCUT2D eigenvalue weighted by Gasteiger charge is 2.25. The first-order valence-electron chi connectivity index (χ1n) is 9.37. The molecule has 0 bridgehead atoms. The summed E-state index contributed by atoms with van der Waals surface area (Å²) >= 11 is 5.36. The van der Waals surface area contributed by atoms with Gasteiger partial charge in [-0.3, -0.25) is 9.97 Å². The van der Waals surface area contributed by atoms with Gasteiger partial charge >= 0.3 is 0 Å². The van der Waals surface area contributed by atoms with Crippen LogP contribution in [0.4, 0.5) is 0 Å². The molecule has 1 aliphatic rings. The summed E-state index contributed by atoms with van der Waals surface area (Å²) in [6, 6.07) is 8.30. The molecule has 1 saturated heterocycles. The molecule has 5 nitrogen and oxygen atoms in total. The fourth-order valence-corrected chi connectivity index (χ4v) is 5.30. The minimum atomic E-state index is -0.0393. The van der Waals surface area contributed by atoms with Crippen LogP contribution in [-0.4, -0.2) is 26.4 Å². The molecule has 0 saturated carbocycles. The molecule has 0 aliphatic carbocycles. The fraction of sp³-hybridized carbons (Fsp3) is 0.286. The molecule has 1 aliphatic heterocycles. The summed E-state index contributed by atoms with van der Waals surface area (Å²) in [6.07, 6.45) is 8.89. The van der Waals surface area contributed by atoms with Crippen LogP contribution in [0.3, 0.4) is 0 Å². The minimum absolute atomic E-state index is 0.0393. The van der Waals surface area contributed by atoms with Gasteiger partial charge in [-0.1, -0.05) is 6.07 Å². The van der Waals surface area contributed by atoms with Crippen LogP contribution in [0.25, 0.3) is 31.9 Å². The van der Waals surface area contributed by atoms with Gasteiger partial charge in [0.15, 0.2) is 6.23 Å². The van der Waals surface area contributed by atoms with E-state index in [0.717, 1.165) is 63.3 Å². The Kier molecular flexibility index (Phi) is 4.74. The number of hydrogen-bond donors (Lipinski definition) is 0. The van der Waals surface area contributed by atoms with E-state index < -0.39 is 0 Å². The molecule has 0 radical (unpaired) electrons. The van der Waals surface area contributed by atoms with E-state index in [4.69, 9.17) is 14.8 Å². The van der Waals surface area contributed by atoms with Crippen LogP contribution < -0.4 is 0 Å². The van der Waals surface area contributed by atoms with Crippen molar-refractivity contribution in [3.05, 3.63) is 53.0 Å². The second kappa shape index (κ2) is 7.39. The average molecular weight is 455 g/mol. The lowest BCUT2D eigenvalue weighted by Crippen LogP contribution is -2.20. The highest BCUT2D eigenvalue weighted by molar-refractivity contribution is 9.10. The van der Waals surface area contributed by atoms with Crippen LogP contribution in [0.2, 0.25) is 0 Å². The van der Waals surface area contributed by atoms with Crippen LogP contribution in [-0.2, 0) is 4.74 Å². The Morgan fingerprint density at radius 1 is 1.21 bits per heavy atom. The number of aromatic nitrogens is 4. The van der Waals surface area contributed by atoms with Gasteiger partial charge in [0.2, 0.25) is 0 Å². The maximum atomic E-state index is 6.04. The first-order valence-corrected chi connectivity index (χ1v) is 11.0. The van der Waals surface area contributed by atoms with E-state index in [1.54, 1.807) is 11.3 Å². The Hall–Kier alpha value is -2.09. The predicted molar refractivity (Wildman–Crippen MR) is 115 cm³/mol. The number of halogens is 1. The molecule has 0 amide bonds. The lowest BCUT2D eigenvalue weighted by Gasteiger charge is -2.24. The van der Waals surface area contributed by atoms with E-state index >= 15 is 0 Å². The predicted octanol–water partition coefficient (Wildman–Crippen LogP) is 5.99. The molecule has 4 aromatic heterocycles. The van der Waals surface area contributed by atoms with Crippen molar-refractivity contribution in [2.75, 3.05) is 6.61 Å². The quantitative estimate of drug-likeness (QED) is 0.381. The molecule has 1 atom stereocenters. The highest BCUT2D eigenvalue weighted by Crippen LogP contribution is 2.42. The smallest absolute Gasteiger partial charge is 0.150 e. The average Bonchev–Trinajstić information content (AvgIpc) is 3.34. The van der Waals surface area contributed by atoms with Gasteiger partial charge in [-0.05, 0) is 60.3 Å². The fourth-order valence-electron chi connectivity index (χ4n) is 3.67. The Morgan fingerprint density at radius 3 is 2.93 bits per heavy atom. The number of thiophene rings is 1. The Labute approximate surface area is 175 Å². The molecular weight excluding hydrogens is 436 g/mol. The SMILES string of the molecule is Cc1cccc(-c2c(-c3cc4cncc(Br)c4s3)cnn2C2CCCCO2)n1. The summed E-state index contributed by atoms with van der Waals surface area (Å²) in [5.74, 6) is 0. The number of aryl methyl sites for hydroxylation is 1. The van der Waals surface area contributed by atoms with Gasteiger partial charge in [0.05, 0.1) is 26.8 Å². The van der Waals surface area contributed by atoms with Crippen molar-refractivity contribution in [3.8, 4) is 21.8 Å². The van der Waals surface area contributed by atoms with Crippen molar-refractivity contribution in [1.82, 2.24) is 19.7 Å². The monoisotopic (exact) mass is 454 g/mol. The Morgan fingerprint density at radius 2 is 2.14 bits per heavy atom. The zero-order valence-electron chi connectivity index (χ0n) is 15.4. The third kappa shape index (κ3) is 3.17. The number of hydrogen-bond acceptors (Lipinski definition) is 5. The number of ether oxygens (including phenoxy) is 1. The van der Waals surface area contributed by atoms with Crippen molar-refractivity contribution < 1.29 is 4.74 Å². The summed E-state index contributed by atoms with van der Waals surface area (Å²) in [5.41, 5.74) is 4.02. The van der Waals surface area contributed by atoms with Gasteiger partial charge in [-0.2, -0.15) is 5.10 Å². The minimum Gasteiger partial charge on any atom is -0.356 e. The van der Waals surface area contributed by atoms with Crippen molar-refractivity contribution >= 4 is 37.4 Å². The molecule has 7 heteroatoms. The molecule has 1 unspecified atom stereocenters. The molecule has 5 rings (SSSR count). The van der Waals surface area contributed by atoms with E-state index in [0.29, 0.717) is 0 Å². The molecule has 0 aromatic carbocycles. The van der Waals surface area contributed by atoms with Crippen LogP contribution in [0.15, 0.2) is 47.3 Å². The van der Waals surface area contributed by atoms with E-state index in [1.807, 2.05) is 42.3 Å². The van der Waals surface area contributed by atoms with Gasteiger partial charge in [0.1, 0.15) is 0 Å². The van der Waals surface area contributed by atoms with Crippen molar-refractivity contribution in [2.45, 2.75) is 32.4 Å². The highest BCUT2D eigenvalue weighted by atomic mass is 79.9. The number of nitrogens with zero attached hydrogens (tertiary/aromatic N) is 4. The van der Waals surface area contributed by atoms with Crippen molar-refractivity contribution in [2.24, 2.45) is 0 Å². The van der Waals surface area contributed by atoms with E-state index in [1.165, 1.54) is 4.70 Å². The Bertz CT molecular complexity index is 1150. The van der Waals surface area contributed by atoms with Crippen LogP contribution >= 0.6 is 27.3 Å². The maximum Gasteiger partial charge on any atom is 0.150 e. The zero-order valence-corrected chi connectivity index (χ0v) is 17.8. The Balaban J connectivity index is 1.70. The molecular formula is C21H19BrN4OS. The van der Waals surface area contributed by atoms with E-state index in [9.17, 15) is 0 Å². The maximum absolute atomic E-state index is 6.04. The topological polar surface area (TPSA) is 52.8 Å². The number of pyridine rings is 2. The van der Waals surface area contributed by atoms with Gasteiger partial charge in [-0.25, -0.2) is 4.68 Å². The molecule has 4 aromatic rings. The molecule has 28 heavy (non-hydrogen) atoms. The molecule has 0 spiro atoms. The largest absolute Gasteiger partial charge is 0.356 e. The molecule has 142 valence electrons. The van der Waals surface area contributed by atoms with Gasteiger partial charge in [0.25, 0.3) is 0 Å². The summed E-state index contributed by atoms with van der Waals surface area (Å²) in [5, 5.41) is 5.87. The van der Waals surface area contributed by atoms with Gasteiger partial charge < -0.3 is 4.74 Å². The zero-order chi connectivity index (χ0) is 19.1. The van der Waals surface area contributed by atoms with Crippen LogP contribution in [0, 0.1) is 6.92 Å². The van der Waals surface area contributed by atoms with Gasteiger partial charge in [0, 0.05) is 40.5 Å². The summed E-state index contributed by atoms with van der Waals surface area (Å²) < 4.78 is 10.3. The van der Waals surface area contributed by atoms with Crippen molar-refractivity contribution in [1.29, 1.82) is 0 Å². The van der Waals surface area contributed by atoms with Crippen LogP contribution in [0.1, 0.15) is 31.2 Å². The van der Waals surface area contributed by atoms with E-state index in [-0.39, 0.29) is 6.23 Å². The summed E-state index contributed by atoms with van der Waals surface area (Å²) in [6.45, 7) is 2.80. The molecule has 5 heterocycles. The molecule has 1 fully saturated rings. The second-order valence-corrected chi connectivity index (χ2v) is 8.89. The lowest BCUT2D eigenvalue weighted by atomic mass is 10.1. The summed E-state index contributed by atoms with van der Waals surface area (Å²) in [4.78, 5) is 10.2. The first kappa shape index (κ1) is 18.0. The third-order valence-corrected chi connectivity index (χ3v) is 7.08. The number of rotatable bonds is 3. The third-order valence-electron chi connectivity index (χ3n) is 5.00. The van der Waals surface area contributed by atoms with E-state index in [2.05, 4.69) is 33.0 Å². The van der Waals surface area contributed by atoms with Gasteiger partial charge in [-0.15, -0.1) is 11.3 Å². The van der Waals surface area contributed by atoms with Crippen LogP contribution in [0.5, 0.6) is 0 Å². The van der Waals surface area contributed by atoms with Crippen molar-refractivity contribution in [3.63, 3.8) is 0 Å². The second-order valence-electron chi connectivity index (χ2n) is 6.99. The summed E-state index contributed by atoms with van der Waals surface area (Å²) in [7, 11) is 0.